The van der Waals surface area contributed by atoms with Gasteiger partial charge in [-0.2, -0.15) is 0 Å². The number of aliphatic hydroxyl groups excluding tert-OH is 1. The topological polar surface area (TPSA) is 48.4 Å². The van der Waals surface area contributed by atoms with Gasteiger partial charge in [0.1, 0.15) is 0 Å². The highest BCUT2D eigenvalue weighted by molar-refractivity contribution is 7.15. The van der Waals surface area contributed by atoms with Crippen molar-refractivity contribution < 1.29 is 5.11 Å². The first kappa shape index (κ1) is 12.8. The number of aliphatic hydroxyl groups is 1. The SMILES string of the molecule is Cc1cnc(NCC(O)CN2CCCCC2)s1. The van der Waals surface area contributed by atoms with Crippen LogP contribution in [0, 0.1) is 6.92 Å². The molecular formula is C12H21N3OS. The molecule has 0 radical (unpaired) electrons. The monoisotopic (exact) mass is 255 g/mol. The van der Waals surface area contributed by atoms with E-state index >= 15 is 0 Å². The first-order valence-electron chi connectivity index (χ1n) is 6.31. The van der Waals surface area contributed by atoms with Crippen LogP contribution in [0.1, 0.15) is 24.1 Å². The molecule has 0 saturated carbocycles. The summed E-state index contributed by atoms with van der Waals surface area (Å²) < 4.78 is 0. The second-order valence-electron chi connectivity index (χ2n) is 4.67. The van der Waals surface area contributed by atoms with Crippen molar-refractivity contribution in [2.24, 2.45) is 0 Å². The highest BCUT2D eigenvalue weighted by Gasteiger charge is 2.14. The highest BCUT2D eigenvalue weighted by Crippen LogP contribution is 2.16. The largest absolute Gasteiger partial charge is 0.390 e. The summed E-state index contributed by atoms with van der Waals surface area (Å²) in [6.07, 6.45) is 5.42. The maximum atomic E-state index is 9.94. The Kier molecular flexibility index (Phi) is 4.76. The van der Waals surface area contributed by atoms with Crippen LogP contribution in [0.3, 0.4) is 0 Å². The van der Waals surface area contributed by atoms with Gasteiger partial charge in [-0.05, 0) is 32.9 Å². The van der Waals surface area contributed by atoms with Crippen molar-refractivity contribution in [1.82, 2.24) is 9.88 Å². The average molecular weight is 255 g/mol. The molecule has 0 amide bonds. The van der Waals surface area contributed by atoms with Crippen molar-refractivity contribution in [3.05, 3.63) is 11.1 Å². The predicted octanol–water partition coefficient (Wildman–Crippen LogP) is 1.71. The number of aryl methyl sites for hydroxylation is 1. The number of nitrogens with zero attached hydrogens (tertiary/aromatic N) is 2. The minimum atomic E-state index is -0.308. The van der Waals surface area contributed by atoms with E-state index in [9.17, 15) is 5.11 Å². The molecule has 1 saturated heterocycles. The summed E-state index contributed by atoms with van der Waals surface area (Å²) in [5.41, 5.74) is 0. The minimum absolute atomic E-state index is 0.308. The lowest BCUT2D eigenvalue weighted by Gasteiger charge is -2.28. The standard InChI is InChI=1S/C12H21N3OS/c1-10-7-13-12(17-10)14-8-11(16)9-15-5-3-2-4-6-15/h7,11,16H,2-6,8-9H2,1H3,(H,13,14). The Morgan fingerprint density at radius 2 is 2.24 bits per heavy atom. The summed E-state index contributed by atoms with van der Waals surface area (Å²) in [7, 11) is 0. The van der Waals surface area contributed by atoms with Gasteiger partial charge in [-0.15, -0.1) is 11.3 Å². The van der Waals surface area contributed by atoms with Gasteiger partial charge in [0.15, 0.2) is 5.13 Å². The number of aromatic nitrogens is 1. The number of anilines is 1. The molecule has 1 aromatic rings. The van der Waals surface area contributed by atoms with Crippen LogP contribution < -0.4 is 5.32 Å². The van der Waals surface area contributed by atoms with E-state index in [1.807, 2.05) is 13.1 Å². The molecule has 1 fully saturated rings. The molecular weight excluding hydrogens is 234 g/mol. The summed E-state index contributed by atoms with van der Waals surface area (Å²) in [6, 6.07) is 0. The summed E-state index contributed by atoms with van der Waals surface area (Å²) >= 11 is 1.63. The van der Waals surface area contributed by atoms with Crippen molar-refractivity contribution in [1.29, 1.82) is 0 Å². The molecule has 0 aliphatic carbocycles. The van der Waals surface area contributed by atoms with E-state index in [4.69, 9.17) is 0 Å². The number of thiazole rings is 1. The molecule has 4 nitrogen and oxygen atoms in total. The summed E-state index contributed by atoms with van der Waals surface area (Å²) in [5.74, 6) is 0. The third-order valence-corrected chi connectivity index (χ3v) is 3.90. The number of nitrogens with one attached hydrogen (secondary N) is 1. The molecule has 0 bridgehead atoms. The summed E-state index contributed by atoms with van der Waals surface area (Å²) in [4.78, 5) is 7.76. The molecule has 1 aromatic heterocycles. The van der Waals surface area contributed by atoms with Crippen LogP contribution in [0.25, 0.3) is 0 Å². The molecule has 2 rings (SSSR count). The van der Waals surface area contributed by atoms with Crippen LogP contribution in [0.15, 0.2) is 6.20 Å². The number of hydrogen-bond donors (Lipinski definition) is 2. The van der Waals surface area contributed by atoms with Gasteiger partial charge in [-0.25, -0.2) is 4.98 Å². The van der Waals surface area contributed by atoms with Crippen LogP contribution in [0.4, 0.5) is 5.13 Å². The number of hydrogen-bond acceptors (Lipinski definition) is 5. The van der Waals surface area contributed by atoms with Gasteiger partial charge >= 0.3 is 0 Å². The molecule has 96 valence electrons. The molecule has 1 aliphatic heterocycles. The molecule has 0 spiro atoms. The van der Waals surface area contributed by atoms with Gasteiger partial charge in [-0.1, -0.05) is 6.42 Å². The summed E-state index contributed by atoms with van der Waals surface area (Å²) in [6.45, 7) is 5.66. The fraction of sp³-hybridized carbons (Fsp3) is 0.750. The van der Waals surface area contributed by atoms with Crippen molar-refractivity contribution in [2.45, 2.75) is 32.3 Å². The van der Waals surface area contributed by atoms with Crippen LogP contribution >= 0.6 is 11.3 Å². The molecule has 1 aliphatic rings. The van der Waals surface area contributed by atoms with Gasteiger partial charge in [0.2, 0.25) is 0 Å². The van der Waals surface area contributed by atoms with Crippen LogP contribution in [0.2, 0.25) is 0 Å². The Hall–Kier alpha value is -0.650. The van der Waals surface area contributed by atoms with Crippen molar-refractivity contribution >= 4 is 16.5 Å². The lowest BCUT2D eigenvalue weighted by molar-refractivity contribution is 0.110. The third-order valence-electron chi connectivity index (χ3n) is 3.03. The van der Waals surface area contributed by atoms with Crippen molar-refractivity contribution in [3.63, 3.8) is 0 Å². The second-order valence-corrected chi connectivity index (χ2v) is 5.91. The Balaban J connectivity index is 1.68. The van der Waals surface area contributed by atoms with Gasteiger partial charge < -0.3 is 15.3 Å². The van der Waals surface area contributed by atoms with E-state index in [-0.39, 0.29) is 6.10 Å². The second kappa shape index (κ2) is 6.33. The zero-order valence-electron chi connectivity index (χ0n) is 10.4. The molecule has 17 heavy (non-hydrogen) atoms. The van der Waals surface area contributed by atoms with E-state index in [0.29, 0.717) is 6.54 Å². The van der Waals surface area contributed by atoms with Gasteiger partial charge in [0.25, 0.3) is 0 Å². The van der Waals surface area contributed by atoms with Crippen LogP contribution in [-0.2, 0) is 0 Å². The van der Waals surface area contributed by atoms with Gasteiger partial charge in [0, 0.05) is 24.2 Å². The Bertz CT molecular complexity index is 336. The Morgan fingerprint density at radius 3 is 2.88 bits per heavy atom. The van der Waals surface area contributed by atoms with E-state index in [0.717, 1.165) is 24.8 Å². The predicted molar refractivity (Wildman–Crippen MR) is 71.6 cm³/mol. The van der Waals surface area contributed by atoms with E-state index < -0.39 is 0 Å². The summed E-state index contributed by atoms with van der Waals surface area (Å²) in [5, 5.41) is 14.0. The van der Waals surface area contributed by atoms with Crippen LogP contribution in [0.5, 0.6) is 0 Å². The molecule has 0 aromatic carbocycles. The number of rotatable bonds is 5. The fourth-order valence-electron chi connectivity index (χ4n) is 2.15. The maximum Gasteiger partial charge on any atom is 0.182 e. The normalized spacial score (nSPS) is 19.2. The van der Waals surface area contributed by atoms with Crippen molar-refractivity contribution in [2.75, 3.05) is 31.5 Å². The van der Waals surface area contributed by atoms with Gasteiger partial charge in [-0.3, -0.25) is 0 Å². The molecule has 2 N–H and O–H groups in total. The smallest absolute Gasteiger partial charge is 0.182 e. The van der Waals surface area contributed by atoms with E-state index in [1.54, 1.807) is 11.3 Å². The van der Waals surface area contributed by atoms with Gasteiger partial charge in [0.05, 0.1) is 6.10 Å². The first-order chi connectivity index (χ1) is 8.24. The first-order valence-corrected chi connectivity index (χ1v) is 7.12. The molecule has 1 unspecified atom stereocenters. The zero-order valence-corrected chi connectivity index (χ0v) is 11.2. The lowest BCUT2D eigenvalue weighted by atomic mass is 10.1. The molecule has 2 heterocycles. The zero-order chi connectivity index (χ0) is 12.1. The Labute approximate surface area is 107 Å². The third kappa shape index (κ3) is 4.26. The Morgan fingerprint density at radius 1 is 1.47 bits per heavy atom. The lowest BCUT2D eigenvalue weighted by Crippen LogP contribution is -2.39. The minimum Gasteiger partial charge on any atom is -0.390 e. The molecule has 1 atom stereocenters. The molecule has 5 heteroatoms. The van der Waals surface area contributed by atoms with Crippen LogP contribution in [-0.4, -0.2) is 47.3 Å². The number of likely N-dealkylation sites (tertiary alicyclic amines) is 1. The van der Waals surface area contributed by atoms with Crippen molar-refractivity contribution in [3.8, 4) is 0 Å². The number of β-amino-alcohol motifs (C(OH)–C–C–N with tert-alkyl or cyclic N) is 1. The highest BCUT2D eigenvalue weighted by atomic mass is 32.1. The van der Waals surface area contributed by atoms with E-state index in [2.05, 4.69) is 15.2 Å². The quantitative estimate of drug-likeness (QED) is 0.841. The fourth-order valence-corrected chi connectivity index (χ4v) is 2.82. The average Bonchev–Trinajstić information content (AvgIpc) is 2.74. The number of piperidine rings is 1. The maximum absolute atomic E-state index is 9.94. The van der Waals surface area contributed by atoms with E-state index in [1.165, 1.54) is 24.1 Å².